The molecule has 1 heterocycles. The fourth-order valence-corrected chi connectivity index (χ4v) is 3.77. The van der Waals surface area contributed by atoms with Gasteiger partial charge in [-0.3, -0.25) is 4.79 Å². The van der Waals surface area contributed by atoms with E-state index in [-0.39, 0.29) is 17.7 Å². The van der Waals surface area contributed by atoms with Crippen LogP contribution >= 0.6 is 0 Å². The van der Waals surface area contributed by atoms with E-state index in [4.69, 9.17) is 9.47 Å². The highest BCUT2D eigenvalue weighted by atomic mass is 16.5. The van der Waals surface area contributed by atoms with Gasteiger partial charge in [-0.2, -0.15) is 5.10 Å². The number of hydrogen-bond acceptors (Lipinski definition) is 5. The van der Waals surface area contributed by atoms with Crippen LogP contribution in [0, 0.1) is 0 Å². The van der Waals surface area contributed by atoms with Gasteiger partial charge in [-0.1, -0.05) is 36.4 Å². The minimum absolute atomic E-state index is 0.167. The van der Waals surface area contributed by atoms with Crippen molar-refractivity contribution in [2.24, 2.45) is 5.10 Å². The number of carbonyl (C=O) groups is 1. The van der Waals surface area contributed by atoms with Crippen LogP contribution in [0.2, 0.25) is 0 Å². The van der Waals surface area contributed by atoms with Crippen molar-refractivity contribution in [3.8, 4) is 17.2 Å². The number of fused-ring (bicyclic) bond motifs is 1. The zero-order valence-corrected chi connectivity index (χ0v) is 16.5. The molecular formula is C23H22N2O4. The number of benzene rings is 3. The fourth-order valence-electron chi connectivity index (χ4n) is 3.77. The molecular weight excluding hydrogens is 368 g/mol. The molecule has 1 unspecified atom stereocenters. The summed E-state index contributed by atoms with van der Waals surface area (Å²) in [4.78, 5) is 12.3. The van der Waals surface area contributed by atoms with Crippen LogP contribution in [0.5, 0.6) is 17.2 Å². The number of amides is 1. The second kappa shape index (κ2) is 7.47. The molecule has 3 aromatic rings. The lowest BCUT2D eigenvalue weighted by molar-refractivity contribution is -0.130. The molecule has 3 aromatic carbocycles. The number of carbonyl (C=O) groups excluding carboxylic acids is 1. The van der Waals surface area contributed by atoms with Crippen LogP contribution in [-0.2, 0) is 4.79 Å². The number of aromatic hydroxyl groups is 1. The Morgan fingerprint density at radius 1 is 1.07 bits per heavy atom. The predicted molar refractivity (Wildman–Crippen MR) is 112 cm³/mol. The molecule has 0 spiro atoms. The first-order valence-electron chi connectivity index (χ1n) is 9.33. The van der Waals surface area contributed by atoms with Crippen molar-refractivity contribution in [1.82, 2.24) is 5.01 Å². The summed E-state index contributed by atoms with van der Waals surface area (Å²) in [5, 5.41) is 18.5. The number of phenolic OH excluding ortho intramolecular Hbond substituents is 1. The summed E-state index contributed by atoms with van der Waals surface area (Å²) in [5.41, 5.74) is 2.19. The normalized spacial score (nSPS) is 16.0. The molecule has 0 bridgehead atoms. The minimum Gasteiger partial charge on any atom is -0.507 e. The van der Waals surface area contributed by atoms with E-state index in [1.807, 2.05) is 54.6 Å². The summed E-state index contributed by atoms with van der Waals surface area (Å²) in [6.45, 7) is 1.49. The van der Waals surface area contributed by atoms with Crippen molar-refractivity contribution in [1.29, 1.82) is 0 Å². The molecule has 1 amide bonds. The number of hydrogen-bond donors (Lipinski definition) is 1. The van der Waals surface area contributed by atoms with Crippen molar-refractivity contribution >= 4 is 22.4 Å². The molecule has 0 aliphatic carbocycles. The van der Waals surface area contributed by atoms with Crippen LogP contribution < -0.4 is 9.47 Å². The standard InChI is InChI=1S/C23H22N2O4/c1-14(26)25-20(16-9-11-21(28-2)22(12-16)29-3)13-19(24-25)18-10-8-15-6-4-5-7-17(15)23(18)27/h4-12,20,27H,13H2,1-3H3. The van der Waals surface area contributed by atoms with Gasteiger partial charge in [0.2, 0.25) is 5.91 Å². The van der Waals surface area contributed by atoms with Crippen molar-refractivity contribution < 1.29 is 19.4 Å². The van der Waals surface area contributed by atoms with Crippen LogP contribution in [-0.4, -0.2) is 36.0 Å². The van der Waals surface area contributed by atoms with Crippen LogP contribution in [0.15, 0.2) is 59.7 Å². The van der Waals surface area contributed by atoms with E-state index in [9.17, 15) is 9.90 Å². The lowest BCUT2D eigenvalue weighted by atomic mass is 9.96. The Kier molecular flexibility index (Phi) is 4.84. The smallest absolute Gasteiger partial charge is 0.240 e. The molecule has 1 atom stereocenters. The molecule has 0 aromatic heterocycles. The summed E-state index contributed by atoms with van der Waals surface area (Å²) in [6, 6.07) is 16.7. The molecule has 0 fully saturated rings. The van der Waals surface area contributed by atoms with Crippen molar-refractivity contribution in [3.05, 3.63) is 65.7 Å². The maximum Gasteiger partial charge on any atom is 0.240 e. The molecule has 0 radical (unpaired) electrons. The van der Waals surface area contributed by atoms with Gasteiger partial charge >= 0.3 is 0 Å². The second-order valence-electron chi connectivity index (χ2n) is 6.93. The van der Waals surface area contributed by atoms with Gasteiger partial charge in [-0.15, -0.1) is 0 Å². The molecule has 6 heteroatoms. The van der Waals surface area contributed by atoms with E-state index in [1.54, 1.807) is 14.2 Å². The highest BCUT2D eigenvalue weighted by molar-refractivity contribution is 6.09. The molecule has 4 rings (SSSR count). The molecule has 29 heavy (non-hydrogen) atoms. The van der Waals surface area contributed by atoms with Crippen molar-refractivity contribution in [2.75, 3.05) is 14.2 Å². The third kappa shape index (κ3) is 3.27. The quantitative estimate of drug-likeness (QED) is 0.723. The first-order valence-corrected chi connectivity index (χ1v) is 9.33. The van der Waals surface area contributed by atoms with E-state index in [0.717, 1.165) is 16.3 Å². The number of hydrazone groups is 1. The zero-order chi connectivity index (χ0) is 20.5. The van der Waals surface area contributed by atoms with E-state index in [1.165, 1.54) is 11.9 Å². The molecule has 1 aliphatic rings. The average Bonchev–Trinajstić information content (AvgIpc) is 3.19. The SMILES string of the molecule is COc1ccc(C2CC(c3ccc4ccccc4c3O)=NN2C(C)=O)cc1OC. The van der Waals surface area contributed by atoms with Gasteiger partial charge in [0.1, 0.15) is 5.75 Å². The van der Waals surface area contributed by atoms with Gasteiger partial charge in [0.25, 0.3) is 0 Å². The first-order chi connectivity index (χ1) is 14.0. The van der Waals surface area contributed by atoms with Gasteiger partial charge in [0.15, 0.2) is 11.5 Å². The average molecular weight is 390 g/mol. The van der Waals surface area contributed by atoms with Crippen LogP contribution in [0.25, 0.3) is 10.8 Å². The van der Waals surface area contributed by atoms with Crippen molar-refractivity contribution in [2.45, 2.75) is 19.4 Å². The number of phenols is 1. The fraction of sp³-hybridized carbons (Fsp3) is 0.217. The largest absolute Gasteiger partial charge is 0.507 e. The third-order valence-electron chi connectivity index (χ3n) is 5.24. The molecule has 0 saturated heterocycles. The topological polar surface area (TPSA) is 71.4 Å². The van der Waals surface area contributed by atoms with Crippen molar-refractivity contribution in [3.63, 3.8) is 0 Å². The second-order valence-corrected chi connectivity index (χ2v) is 6.93. The Balaban J connectivity index is 1.74. The summed E-state index contributed by atoms with van der Waals surface area (Å²) >= 11 is 0. The molecule has 1 N–H and O–H groups in total. The predicted octanol–water partition coefficient (Wildman–Crippen LogP) is 4.26. The summed E-state index contributed by atoms with van der Waals surface area (Å²) in [5.74, 6) is 1.23. The Morgan fingerprint density at radius 3 is 2.55 bits per heavy atom. The lowest BCUT2D eigenvalue weighted by Crippen LogP contribution is -2.24. The number of methoxy groups -OCH3 is 2. The monoisotopic (exact) mass is 390 g/mol. The van der Waals surface area contributed by atoms with Crippen LogP contribution in [0.4, 0.5) is 0 Å². The first kappa shape index (κ1) is 18.8. The highest BCUT2D eigenvalue weighted by Gasteiger charge is 2.33. The van der Waals surface area contributed by atoms with Crippen LogP contribution in [0.3, 0.4) is 0 Å². The highest BCUT2D eigenvalue weighted by Crippen LogP contribution is 2.39. The van der Waals surface area contributed by atoms with Gasteiger partial charge in [-0.25, -0.2) is 5.01 Å². The maximum atomic E-state index is 12.3. The summed E-state index contributed by atoms with van der Waals surface area (Å²) in [6.07, 6.45) is 0.487. The number of nitrogens with zero attached hydrogens (tertiary/aromatic N) is 2. The lowest BCUT2D eigenvalue weighted by Gasteiger charge is -2.21. The Bertz CT molecular complexity index is 1120. The van der Waals surface area contributed by atoms with E-state index < -0.39 is 0 Å². The minimum atomic E-state index is -0.284. The third-order valence-corrected chi connectivity index (χ3v) is 5.24. The van der Waals surface area contributed by atoms with E-state index >= 15 is 0 Å². The molecule has 1 aliphatic heterocycles. The Labute approximate surface area is 169 Å². The molecule has 6 nitrogen and oxygen atoms in total. The van der Waals surface area contributed by atoms with Gasteiger partial charge in [-0.05, 0) is 29.1 Å². The Morgan fingerprint density at radius 2 is 1.83 bits per heavy atom. The number of rotatable bonds is 4. The van der Waals surface area contributed by atoms with Gasteiger partial charge in [0, 0.05) is 24.3 Å². The van der Waals surface area contributed by atoms with Crippen LogP contribution in [0.1, 0.15) is 30.5 Å². The zero-order valence-electron chi connectivity index (χ0n) is 16.5. The maximum absolute atomic E-state index is 12.3. The molecule has 148 valence electrons. The van der Waals surface area contributed by atoms with Gasteiger partial charge in [0.05, 0.1) is 26.0 Å². The Hall–Kier alpha value is -3.54. The summed E-state index contributed by atoms with van der Waals surface area (Å²) in [7, 11) is 3.16. The van der Waals surface area contributed by atoms with E-state index in [0.29, 0.717) is 29.2 Å². The summed E-state index contributed by atoms with van der Waals surface area (Å²) < 4.78 is 10.7. The number of ether oxygens (including phenoxy) is 2. The van der Waals surface area contributed by atoms with E-state index in [2.05, 4.69) is 5.10 Å². The molecule has 0 saturated carbocycles. The van der Waals surface area contributed by atoms with Gasteiger partial charge < -0.3 is 14.6 Å².